The van der Waals surface area contributed by atoms with Crippen molar-refractivity contribution >= 4 is 5.97 Å². The molecule has 1 aromatic rings. The van der Waals surface area contributed by atoms with E-state index in [2.05, 4.69) is 0 Å². The van der Waals surface area contributed by atoms with Crippen LogP contribution < -0.4 is 4.74 Å². The molecule has 0 aliphatic heterocycles. The van der Waals surface area contributed by atoms with Crippen LogP contribution in [0.5, 0.6) is 5.75 Å². The van der Waals surface area contributed by atoms with Crippen molar-refractivity contribution in [3.8, 4) is 5.75 Å². The molecule has 0 bridgehead atoms. The van der Waals surface area contributed by atoms with E-state index < -0.39 is 11.4 Å². The van der Waals surface area contributed by atoms with Crippen LogP contribution >= 0.6 is 0 Å². The standard InChI is InChI=1S/C15H20O3/c1-11-6-7-12(18-2)10-13(11)15(14(16)17)8-4-3-5-9-15/h6-7,10H,3-5,8-9H2,1-2H3,(H,16,17). The van der Waals surface area contributed by atoms with Gasteiger partial charge in [0, 0.05) is 0 Å². The highest BCUT2D eigenvalue weighted by molar-refractivity contribution is 5.82. The lowest BCUT2D eigenvalue weighted by molar-refractivity contribution is -0.145. The average molecular weight is 248 g/mol. The molecule has 0 amide bonds. The van der Waals surface area contributed by atoms with Crippen LogP contribution in [0.25, 0.3) is 0 Å². The lowest BCUT2D eigenvalue weighted by Gasteiger charge is -2.35. The second-order valence-electron chi connectivity index (χ2n) is 5.13. The monoisotopic (exact) mass is 248 g/mol. The quantitative estimate of drug-likeness (QED) is 0.892. The molecule has 0 unspecified atom stereocenters. The van der Waals surface area contributed by atoms with Crippen LogP contribution in [0, 0.1) is 6.92 Å². The van der Waals surface area contributed by atoms with Gasteiger partial charge in [0.1, 0.15) is 5.75 Å². The molecule has 0 radical (unpaired) electrons. The van der Waals surface area contributed by atoms with E-state index >= 15 is 0 Å². The Hall–Kier alpha value is -1.51. The molecule has 3 nitrogen and oxygen atoms in total. The summed E-state index contributed by atoms with van der Waals surface area (Å²) in [4.78, 5) is 11.8. The van der Waals surface area contributed by atoms with Gasteiger partial charge in [-0.2, -0.15) is 0 Å². The highest BCUT2D eigenvalue weighted by atomic mass is 16.5. The first-order valence-electron chi connectivity index (χ1n) is 6.49. The Morgan fingerprint density at radius 3 is 2.50 bits per heavy atom. The molecule has 18 heavy (non-hydrogen) atoms. The molecule has 0 spiro atoms. The molecule has 0 aromatic heterocycles. The molecule has 0 heterocycles. The fourth-order valence-electron chi connectivity index (χ4n) is 3.00. The summed E-state index contributed by atoms with van der Waals surface area (Å²) in [6.45, 7) is 1.98. The van der Waals surface area contributed by atoms with Gasteiger partial charge in [-0.25, -0.2) is 0 Å². The van der Waals surface area contributed by atoms with Gasteiger partial charge in [-0.05, 0) is 43.0 Å². The zero-order valence-corrected chi connectivity index (χ0v) is 11.0. The molecule has 1 aromatic carbocycles. The maximum atomic E-state index is 11.8. The molecule has 1 N–H and O–H groups in total. The number of carboxylic acids is 1. The molecule has 0 atom stereocenters. The number of methoxy groups -OCH3 is 1. The summed E-state index contributed by atoms with van der Waals surface area (Å²) in [7, 11) is 1.61. The van der Waals surface area contributed by atoms with Crippen LogP contribution in [-0.4, -0.2) is 18.2 Å². The van der Waals surface area contributed by atoms with E-state index in [4.69, 9.17) is 4.74 Å². The summed E-state index contributed by atoms with van der Waals surface area (Å²) >= 11 is 0. The second kappa shape index (κ2) is 5.01. The maximum absolute atomic E-state index is 11.8. The number of hydrogen-bond donors (Lipinski definition) is 1. The van der Waals surface area contributed by atoms with E-state index in [-0.39, 0.29) is 0 Å². The molecule has 1 saturated carbocycles. The summed E-state index contributed by atoms with van der Waals surface area (Å²) in [5.74, 6) is 0.0420. The van der Waals surface area contributed by atoms with E-state index in [1.807, 2.05) is 25.1 Å². The van der Waals surface area contributed by atoms with Gasteiger partial charge in [0.2, 0.25) is 0 Å². The first-order valence-corrected chi connectivity index (χ1v) is 6.49. The van der Waals surface area contributed by atoms with Crippen LogP contribution in [0.3, 0.4) is 0 Å². The molecule has 0 saturated heterocycles. The summed E-state index contributed by atoms with van der Waals surface area (Å²) in [6.07, 6.45) is 4.58. The van der Waals surface area contributed by atoms with E-state index in [1.54, 1.807) is 7.11 Å². The summed E-state index contributed by atoms with van der Waals surface area (Å²) < 4.78 is 5.23. The minimum Gasteiger partial charge on any atom is -0.497 e. The van der Waals surface area contributed by atoms with Crippen molar-refractivity contribution in [3.63, 3.8) is 0 Å². The maximum Gasteiger partial charge on any atom is 0.314 e. The van der Waals surface area contributed by atoms with Gasteiger partial charge in [0.05, 0.1) is 12.5 Å². The largest absolute Gasteiger partial charge is 0.497 e. The van der Waals surface area contributed by atoms with E-state index in [0.717, 1.165) is 49.0 Å². The molecule has 1 aliphatic rings. The number of ether oxygens (including phenoxy) is 1. The van der Waals surface area contributed by atoms with E-state index in [9.17, 15) is 9.90 Å². The van der Waals surface area contributed by atoms with Gasteiger partial charge in [-0.15, -0.1) is 0 Å². The zero-order valence-electron chi connectivity index (χ0n) is 11.0. The summed E-state index contributed by atoms with van der Waals surface area (Å²) in [6, 6.07) is 5.74. The lowest BCUT2D eigenvalue weighted by Crippen LogP contribution is -2.38. The van der Waals surface area contributed by atoms with Crippen molar-refractivity contribution < 1.29 is 14.6 Å². The van der Waals surface area contributed by atoms with Crippen molar-refractivity contribution in [1.29, 1.82) is 0 Å². The SMILES string of the molecule is COc1ccc(C)c(C2(C(=O)O)CCCCC2)c1. The first kappa shape index (κ1) is 12.9. The van der Waals surface area contributed by atoms with Crippen molar-refractivity contribution in [3.05, 3.63) is 29.3 Å². The third-order valence-electron chi connectivity index (χ3n) is 4.08. The summed E-state index contributed by atoms with van der Waals surface area (Å²) in [5.41, 5.74) is 1.26. The van der Waals surface area contributed by atoms with Gasteiger partial charge in [0.25, 0.3) is 0 Å². The van der Waals surface area contributed by atoms with Crippen molar-refractivity contribution in [2.45, 2.75) is 44.4 Å². The Morgan fingerprint density at radius 1 is 1.28 bits per heavy atom. The smallest absolute Gasteiger partial charge is 0.314 e. The number of rotatable bonds is 3. The van der Waals surface area contributed by atoms with Gasteiger partial charge in [0.15, 0.2) is 0 Å². The second-order valence-corrected chi connectivity index (χ2v) is 5.13. The van der Waals surface area contributed by atoms with Crippen molar-refractivity contribution in [2.75, 3.05) is 7.11 Å². The molecule has 1 fully saturated rings. The molecular weight excluding hydrogens is 228 g/mol. The van der Waals surface area contributed by atoms with Gasteiger partial charge in [-0.1, -0.05) is 25.3 Å². The first-order chi connectivity index (χ1) is 8.60. The number of aliphatic carboxylic acids is 1. The third kappa shape index (κ3) is 2.09. The topological polar surface area (TPSA) is 46.5 Å². The molecule has 98 valence electrons. The molecule has 2 rings (SSSR count). The van der Waals surface area contributed by atoms with E-state index in [0.29, 0.717) is 0 Å². The Bertz CT molecular complexity index is 445. The van der Waals surface area contributed by atoms with Crippen LogP contribution in [0.4, 0.5) is 0 Å². The average Bonchev–Trinajstić information content (AvgIpc) is 2.40. The van der Waals surface area contributed by atoms with Gasteiger partial charge < -0.3 is 9.84 Å². The van der Waals surface area contributed by atoms with Crippen molar-refractivity contribution in [1.82, 2.24) is 0 Å². The normalized spacial score (nSPS) is 18.3. The van der Waals surface area contributed by atoms with E-state index in [1.165, 1.54) is 0 Å². The minimum absolute atomic E-state index is 0.696. The van der Waals surface area contributed by atoms with Crippen molar-refractivity contribution in [2.24, 2.45) is 0 Å². The van der Waals surface area contributed by atoms with Crippen LogP contribution in [-0.2, 0) is 10.2 Å². The minimum atomic E-state index is -0.711. The van der Waals surface area contributed by atoms with Gasteiger partial charge >= 0.3 is 5.97 Å². The predicted molar refractivity (Wildman–Crippen MR) is 70.1 cm³/mol. The Kier molecular flexibility index (Phi) is 3.60. The highest BCUT2D eigenvalue weighted by Crippen LogP contribution is 2.42. The third-order valence-corrected chi connectivity index (χ3v) is 4.08. The molecular formula is C15H20O3. The van der Waals surface area contributed by atoms with Crippen LogP contribution in [0.15, 0.2) is 18.2 Å². The number of benzene rings is 1. The number of carbonyl (C=O) groups is 1. The Morgan fingerprint density at radius 2 is 1.94 bits per heavy atom. The molecule has 3 heteroatoms. The highest BCUT2D eigenvalue weighted by Gasteiger charge is 2.42. The Labute approximate surface area is 108 Å². The fraction of sp³-hybridized carbons (Fsp3) is 0.533. The van der Waals surface area contributed by atoms with Crippen LogP contribution in [0.1, 0.15) is 43.2 Å². The lowest BCUT2D eigenvalue weighted by atomic mass is 9.68. The number of hydrogen-bond acceptors (Lipinski definition) is 2. The summed E-state index contributed by atoms with van der Waals surface area (Å²) in [5, 5.41) is 9.69. The number of carboxylic acid groups (broad SMARTS) is 1. The predicted octanol–water partition coefficient (Wildman–Crippen LogP) is 3.29. The zero-order chi connectivity index (χ0) is 13.2. The molecule has 1 aliphatic carbocycles. The van der Waals surface area contributed by atoms with Gasteiger partial charge in [-0.3, -0.25) is 4.79 Å². The number of aryl methyl sites for hydroxylation is 1. The fourth-order valence-corrected chi connectivity index (χ4v) is 3.00. The Balaban J connectivity index is 2.51. The van der Waals surface area contributed by atoms with Crippen LogP contribution in [0.2, 0.25) is 0 Å².